The van der Waals surface area contributed by atoms with Crippen molar-refractivity contribution >= 4 is 0 Å². The van der Waals surface area contributed by atoms with Crippen LogP contribution in [-0.2, 0) is 12.3 Å². The highest BCUT2D eigenvalue weighted by molar-refractivity contribution is 5.60. The van der Waals surface area contributed by atoms with Crippen LogP contribution in [0.2, 0.25) is 0 Å². The molecule has 2 rings (SSSR count). The van der Waals surface area contributed by atoms with Crippen molar-refractivity contribution in [3.8, 4) is 11.1 Å². The third kappa shape index (κ3) is 4.28. The lowest BCUT2D eigenvalue weighted by molar-refractivity contribution is 0.0128. The van der Waals surface area contributed by atoms with Crippen molar-refractivity contribution in [2.75, 3.05) is 0 Å². The summed E-state index contributed by atoms with van der Waals surface area (Å²) in [5.74, 6) is -2.15. The topological polar surface area (TPSA) is 38.7 Å². The standard InChI is InChI=1S/C16H19F2N3/c1-15(2,3)7-14-20-9-12(10-21-14)11-5-6-13(19-8-11)16(4,17)18/h5-6,8-10H,7H2,1-4H3. The van der Waals surface area contributed by atoms with E-state index in [-0.39, 0.29) is 11.1 Å². The second kappa shape index (κ2) is 5.47. The molecule has 0 spiro atoms. The lowest BCUT2D eigenvalue weighted by atomic mass is 9.92. The van der Waals surface area contributed by atoms with Gasteiger partial charge in [-0.3, -0.25) is 4.98 Å². The Bertz CT molecular complexity index is 593. The zero-order valence-corrected chi connectivity index (χ0v) is 12.7. The van der Waals surface area contributed by atoms with E-state index in [2.05, 4.69) is 35.7 Å². The van der Waals surface area contributed by atoms with E-state index in [0.29, 0.717) is 0 Å². The van der Waals surface area contributed by atoms with Crippen molar-refractivity contribution in [3.05, 3.63) is 42.2 Å². The fourth-order valence-corrected chi connectivity index (χ4v) is 1.89. The van der Waals surface area contributed by atoms with Gasteiger partial charge in [0, 0.05) is 43.1 Å². The molecule has 0 bridgehead atoms. The molecule has 0 aliphatic rings. The SMILES string of the molecule is CC(C)(C)Cc1ncc(-c2ccc(C(C)(F)F)nc2)cn1. The molecule has 0 radical (unpaired) electrons. The lowest BCUT2D eigenvalue weighted by Gasteiger charge is -2.16. The molecule has 0 saturated carbocycles. The van der Waals surface area contributed by atoms with Crippen LogP contribution in [-0.4, -0.2) is 15.0 Å². The minimum atomic E-state index is -2.93. The Morgan fingerprint density at radius 1 is 0.857 bits per heavy atom. The Hall–Kier alpha value is -1.91. The Kier molecular flexibility index (Phi) is 4.03. The third-order valence-corrected chi connectivity index (χ3v) is 2.94. The summed E-state index contributed by atoms with van der Waals surface area (Å²) in [5.41, 5.74) is 1.38. The van der Waals surface area contributed by atoms with Crippen LogP contribution in [0.4, 0.5) is 8.78 Å². The van der Waals surface area contributed by atoms with Crippen LogP contribution in [0.3, 0.4) is 0 Å². The second-order valence-electron chi connectivity index (χ2n) is 6.45. The molecule has 0 fully saturated rings. The highest BCUT2D eigenvalue weighted by Crippen LogP contribution is 2.27. The van der Waals surface area contributed by atoms with Gasteiger partial charge in [-0.15, -0.1) is 0 Å². The highest BCUT2D eigenvalue weighted by atomic mass is 19.3. The van der Waals surface area contributed by atoms with Gasteiger partial charge in [-0.2, -0.15) is 8.78 Å². The summed E-state index contributed by atoms with van der Waals surface area (Å²) in [5, 5.41) is 0. The molecule has 0 saturated heterocycles. The molecule has 3 nitrogen and oxygen atoms in total. The summed E-state index contributed by atoms with van der Waals surface area (Å²) in [6.07, 6.45) is 5.62. The van der Waals surface area contributed by atoms with Crippen LogP contribution >= 0.6 is 0 Å². The van der Waals surface area contributed by atoms with Gasteiger partial charge in [-0.1, -0.05) is 26.8 Å². The largest absolute Gasteiger partial charge is 0.286 e. The van der Waals surface area contributed by atoms with E-state index in [1.807, 2.05) is 0 Å². The average molecular weight is 291 g/mol. The van der Waals surface area contributed by atoms with Crippen molar-refractivity contribution in [1.29, 1.82) is 0 Å². The molecule has 2 heterocycles. The molecular weight excluding hydrogens is 272 g/mol. The first-order valence-corrected chi connectivity index (χ1v) is 6.81. The fourth-order valence-electron chi connectivity index (χ4n) is 1.89. The molecule has 5 heteroatoms. The van der Waals surface area contributed by atoms with Crippen molar-refractivity contribution in [2.24, 2.45) is 5.41 Å². The molecule has 0 atom stereocenters. The van der Waals surface area contributed by atoms with E-state index < -0.39 is 5.92 Å². The number of hydrogen-bond acceptors (Lipinski definition) is 3. The Morgan fingerprint density at radius 3 is 1.86 bits per heavy atom. The summed E-state index contributed by atoms with van der Waals surface area (Å²) in [6.45, 7) is 7.20. The summed E-state index contributed by atoms with van der Waals surface area (Å²) >= 11 is 0. The fraction of sp³-hybridized carbons (Fsp3) is 0.438. The van der Waals surface area contributed by atoms with Gasteiger partial charge in [0.15, 0.2) is 0 Å². The molecule has 112 valence electrons. The zero-order valence-electron chi connectivity index (χ0n) is 12.7. The molecule has 0 aromatic carbocycles. The van der Waals surface area contributed by atoms with E-state index in [1.165, 1.54) is 12.3 Å². The van der Waals surface area contributed by atoms with E-state index >= 15 is 0 Å². The number of pyridine rings is 1. The van der Waals surface area contributed by atoms with Crippen LogP contribution in [0.25, 0.3) is 11.1 Å². The van der Waals surface area contributed by atoms with Crippen molar-refractivity contribution in [3.63, 3.8) is 0 Å². The smallest absolute Gasteiger partial charge is 0.254 e. The minimum Gasteiger partial charge on any atom is -0.254 e. The molecule has 0 unspecified atom stereocenters. The van der Waals surface area contributed by atoms with Crippen molar-refractivity contribution in [2.45, 2.75) is 40.0 Å². The molecule has 0 aliphatic carbocycles. The number of nitrogens with zero attached hydrogens (tertiary/aromatic N) is 3. The van der Waals surface area contributed by atoms with Gasteiger partial charge in [-0.05, 0) is 11.5 Å². The first kappa shape index (κ1) is 15.5. The van der Waals surface area contributed by atoms with Crippen LogP contribution in [0.5, 0.6) is 0 Å². The average Bonchev–Trinajstić information content (AvgIpc) is 2.37. The predicted octanol–water partition coefficient (Wildman–Crippen LogP) is 4.24. The van der Waals surface area contributed by atoms with Crippen molar-refractivity contribution in [1.82, 2.24) is 15.0 Å². The Labute approximate surface area is 123 Å². The molecule has 2 aromatic rings. The number of rotatable bonds is 3. The highest BCUT2D eigenvalue weighted by Gasteiger charge is 2.25. The summed E-state index contributed by atoms with van der Waals surface area (Å²) in [7, 11) is 0. The van der Waals surface area contributed by atoms with Gasteiger partial charge in [0.25, 0.3) is 5.92 Å². The summed E-state index contributed by atoms with van der Waals surface area (Å²) in [6, 6.07) is 2.94. The van der Waals surface area contributed by atoms with Gasteiger partial charge in [0.2, 0.25) is 0 Å². The van der Waals surface area contributed by atoms with E-state index in [0.717, 1.165) is 30.3 Å². The third-order valence-electron chi connectivity index (χ3n) is 2.94. The maximum absolute atomic E-state index is 13.1. The van der Waals surface area contributed by atoms with Crippen LogP contribution in [0.15, 0.2) is 30.7 Å². The lowest BCUT2D eigenvalue weighted by Crippen LogP contribution is -2.11. The number of aromatic nitrogens is 3. The maximum atomic E-state index is 13.1. The second-order valence-corrected chi connectivity index (χ2v) is 6.45. The first-order chi connectivity index (χ1) is 9.65. The number of halogens is 2. The van der Waals surface area contributed by atoms with Crippen molar-refractivity contribution < 1.29 is 8.78 Å². The molecule has 0 N–H and O–H groups in total. The summed E-state index contributed by atoms with van der Waals surface area (Å²) in [4.78, 5) is 12.5. The Morgan fingerprint density at radius 2 is 1.43 bits per heavy atom. The molecule has 21 heavy (non-hydrogen) atoms. The summed E-state index contributed by atoms with van der Waals surface area (Å²) < 4.78 is 26.2. The Balaban J connectivity index is 2.19. The van der Waals surface area contributed by atoms with E-state index in [1.54, 1.807) is 18.5 Å². The van der Waals surface area contributed by atoms with Crippen LogP contribution in [0, 0.1) is 5.41 Å². The minimum absolute atomic E-state index is 0.122. The molecule has 0 aliphatic heterocycles. The van der Waals surface area contributed by atoms with E-state index in [9.17, 15) is 8.78 Å². The molecular formula is C16H19F2N3. The van der Waals surface area contributed by atoms with Gasteiger partial charge < -0.3 is 0 Å². The normalized spacial score (nSPS) is 12.5. The monoisotopic (exact) mass is 291 g/mol. The zero-order chi connectivity index (χ0) is 15.7. The first-order valence-electron chi connectivity index (χ1n) is 6.81. The molecule has 2 aromatic heterocycles. The van der Waals surface area contributed by atoms with Gasteiger partial charge >= 0.3 is 0 Å². The van der Waals surface area contributed by atoms with Gasteiger partial charge in [0.1, 0.15) is 11.5 Å². The maximum Gasteiger partial charge on any atom is 0.286 e. The van der Waals surface area contributed by atoms with Gasteiger partial charge in [-0.25, -0.2) is 9.97 Å². The number of alkyl halides is 2. The number of hydrogen-bond donors (Lipinski definition) is 0. The van der Waals surface area contributed by atoms with Crippen LogP contribution in [0.1, 0.15) is 39.2 Å². The quantitative estimate of drug-likeness (QED) is 0.849. The van der Waals surface area contributed by atoms with E-state index in [4.69, 9.17) is 0 Å². The molecule has 0 amide bonds. The van der Waals surface area contributed by atoms with Gasteiger partial charge in [0.05, 0.1) is 0 Å². The van der Waals surface area contributed by atoms with Crippen LogP contribution < -0.4 is 0 Å². The predicted molar refractivity (Wildman–Crippen MR) is 78.0 cm³/mol.